The van der Waals surface area contributed by atoms with Crippen molar-refractivity contribution in [1.82, 2.24) is 9.80 Å². The van der Waals surface area contributed by atoms with Gasteiger partial charge in [0, 0.05) is 38.8 Å². The molecule has 0 atom stereocenters. The molecule has 1 aliphatic rings. The molecule has 1 fully saturated rings. The van der Waals surface area contributed by atoms with Crippen molar-refractivity contribution in [3.05, 3.63) is 29.8 Å². The van der Waals surface area contributed by atoms with Crippen molar-refractivity contribution in [1.29, 1.82) is 0 Å². The van der Waals surface area contributed by atoms with E-state index in [1.807, 2.05) is 25.1 Å². The molecule has 1 aromatic carbocycles. The van der Waals surface area contributed by atoms with Gasteiger partial charge in [0.25, 0.3) is 0 Å². The third-order valence-corrected chi connectivity index (χ3v) is 4.39. The first-order valence-corrected chi connectivity index (χ1v) is 8.15. The van der Waals surface area contributed by atoms with Crippen molar-refractivity contribution in [3.8, 4) is 0 Å². The van der Waals surface area contributed by atoms with Gasteiger partial charge in [0.15, 0.2) is 0 Å². The number of benzene rings is 1. The number of nitrogens with zero attached hydrogens (tertiary/aromatic N) is 2. The predicted octanol–water partition coefficient (Wildman–Crippen LogP) is 1.65. The molecule has 0 saturated carbocycles. The molecular formula is C18H25N3O3. The summed E-state index contributed by atoms with van der Waals surface area (Å²) in [6, 6.07) is 7.47. The highest BCUT2D eigenvalue weighted by Crippen LogP contribution is 2.23. The van der Waals surface area contributed by atoms with Crippen molar-refractivity contribution < 1.29 is 14.4 Å². The topological polar surface area (TPSA) is 69.7 Å². The lowest BCUT2D eigenvalue weighted by Crippen LogP contribution is -2.55. The monoisotopic (exact) mass is 331 g/mol. The molecule has 0 aromatic heterocycles. The fraction of sp³-hybridized carbons (Fsp3) is 0.500. The second kappa shape index (κ2) is 7.03. The Labute approximate surface area is 142 Å². The van der Waals surface area contributed by atoms with E-state index < -0.39 is 5.41 Å². The van der Waals surface area contributed by atoms with E-state index >= 15 is 0 Å². The number of hydrogen-bond acceptors (Lipinski definition) is 3. The first-order chi connectivity index (χ1) is 11.2. The van der Waals surface area contributed by atoms with Crippen LogP contribution in [0.4, 0.5) is 5.69 Å². The summed E-state index contributed by atoms with van der Waals surface area (Å²) in [6.07, 6.45) is 0. The van der Waals surface area contributed by atoms with Crippen molar-refractivity contribution in [2.45, 2.75) is 27.7 Å². The van der Waals surface area contributed by atoms with E-state index in [0.29, 0.717) is 31.9 Å². The van der Waals surface area contributed by atoms with Gasteiger partial charge < -0.3 is 15.1 Å². The molecule has 130 valence electrons. The summed E-state index contributed by atoms with van der Waals surface area (Å²) in [4.78, 5) is 40.1. The highest BCUT2D eigenvalue weighted by molar-refractivity contribution is 6.09. The maximum atomic E-state index is 12.8. The molecule has 6 nitrogen and oxygen atoms in total. The van der Waals surface area contributed by atoms with Gasteiger partial charge in [-0.2, -0.15) is 0 Å². The zero-order valence-corrected chi connectivity index (χ0v) is 14.8. The lowest BCUT2D eigenvalue weighted by Gasteiger charge is -2.37. The third-order valence-electron chi connectivity index (χ3n) is 4.39. The van der Waals surface area contributed by atoms with Crippen molar-refractivity contribution in [2.24, 2.45) is 5.41 Å². The average molecular weight is 331 g/mol. The van der Waals surface area contributed by atoms with E-state index in [9.17, 15) is 14.4 Å². The molecule has 0 radical (unpaired) electrons. The van der Waals surface area contributed by atoms with Crippen molar-refractivity contribution >= 4 is 23.4 Å². The van der Waals surface area contributed by atoms with E-state index in [2.05, 4.69) is 5.32 Å². The van der Waals surface area contributed by atoms with Crippen LogP contribution < -0.4 is 5.32 Å². The van der Waals surface area contributed by atoms with Crippen LogP contribution in [-0.4, -0.2) is 53.7 Å². The van der Waals surface area contributed by atoms with Crippen LogP contribution in [0.5, 0.6) is 0 Å². The van der Waals surface area contributed by atoms with Crippen LogP contribution in [0.3, 0.4) is 0 Å². The van der Waals surface area contributed by atoms with Gasteiger partial charge in [-0.1, -0.05) is 12.1 Å². The van der Waals surface area contributed by atoms with Crippen LogP contribution in [0.1, 0.15) is 26.3 Å². The average Bonchev–Trinajstić information content (AvgIpc) is 2.54. The number of nitrogens with one attached hydrogen (secondary N) is 1. The van der Waals surface area contributed by atoms with Crippen LogP contribution in [-0.2, 0) is 14.4 Å². The zero-order valence-electron chi connectivity index (χ0n) is 14.8. The van der Waals surface area contributed by atoms with Crippen molar-refractivity contribution in [3.63, 3.8) is 0 Å². The van der Waals surface area contributed by atoms with E-state index in [1.54, 1.807) is 29.7 Å². The number of anilines is 1. The number of carbonyl (C=O) groups excluding carboxylic acids is 3. The molecule has 1 saturated heterocycles. The molecular weight excluding hydrogens is 306 g/mol. The molecule has 1 heterocycles. The molecule has 0 bridgehead atoms. The SMILES string of the molecule is CC(=O)N1CCN(C(=O)C(C)(C)C(=O)Nc2cccc(C)c2)CC1. The van der Waals surface area contributed by atoms with Gasteiger partial charge in [0.2, 0.25) is 17.7 Å². The number of amides is 3. The normalized spacial score (nSPS) is 15.2. The second-order valence-corrected chi connectivity index (χ2v) is 6.75. The maximum absolute atomic E-state index is 12.8. The van der Waals surface area contributed by atoms with Crippen LogP contribution in [0.15, 0.2) is 24.3 Å². The molecule has 6 heteroatoms. The molecule has 1 N–H and O–H groups in total. The van der Waals surface area contributed by atoms with Crippen LogP contribution in [0.2, 0.25) is 0 Å². The van der Waals surface area contributed by atoms with Gasteiger partial charge in [-0.25, -0.2) is 0 Å². The highest BCUT2D eigenvalue weighted by atomic mass is 16.2. The minimum absolute atomic E-state index is 0.0125. The Kier molecular flexibility index (Phi) is 5.26. The maximum Gasteiger partial charge on any atom is 0.239 e. The summed E-state index contributed by atoms with van der Waals surface area (Å²) < 4.78 is 0. The lowest BCUT2D eigenvalue weighted by atomic mass is 9.89. The molecule has 2 rings (SSSR count). The minimum Gasteiger partial charge on any atom is -0.339 e. The zero-order chi connectivity index (χ0) is 17.9. The molecule has 0 unspecified atom stereocenters. The van der Waals surface area contributed by atoms with Crippen LogP contribution in [0, 0.1) is 12.3 Å². The minimum atomic E-state index is -1.16. The Hall–Kier alpha value is -2.37. The number of hydrogen-bond donors (Lipinski definition) is 1. The van der Waals surface area contributed by atoms with E-state index in [4.69, 9.17) is 0 Å². The number of piperazine rings is 1. The fourth-order valence-corrected chi connectivity index (χ4v) is 2.73. The van der Waals surface area contributed by atoms with Gasteiger partial charge in [-0.3, -0.25) is 14.4 Å². The summed E-state index contributed by atoms with van der Waals surface area (Å²) in [7, 11) is 0. The lowest BCUT2D eigenvalue weighted by molar-refractivity contribution is -0.149. The van der Waals surface area contributed by atoms with E-state index in [-0.39, 0.29) is 17.7 Å². The van der Waals surface area contributed by atoms with E-state index in [1.165, 1.54) is 6.92 Å². The third kappa shape index (κ3) is 3.93. The Morgan fingerprint density at radius 2 is 1.62 bits per heavy atom. The Morgan fingerprint density at radius 1 is 1.04 bits per heavy atom. The van der Waals surface area contributed by atoms with E-state index in [0.717, 1.165) is 5.56 Å². The summed E-state index contributed by atoms with van der Waals surface area (Å²) >= 11 is 0. The van der Waals surface area contributed by atoms with Gasteiger partial charge in [0.1, 0.15) is 5.41 Å². The van der Waals surface area contributed by atoms with Gasteiger partial charge in [-0.05, 0) is 38.5 Å². The van der Waals surface area contributed by atoms with Gasteiger partial charge >= 0.3 is 0 Å². The quantitative estimate of drug-likeness (QED) is 0.856. The summed E-state index contributed by atoms with van der Waals surface area (Å²) in [5, 5.41) is 2.82. The summed E-state index contributed by atoms with van der Waals surface area (Å²) in [6.45, 7) is 8.68. The molecule has 3 amide bonds. The standard InChI is InChI=1S/C18H25N3O3/c1-13-6-5-7-15(12-13)19-16(23)18(3,4)17(24)21-10-8-20(9-11-21)14(2)22/h5-7,12H,8-11H2,1-4H3,(H,19,23). The van der Waals surface area contributed by atoms with Gasteiger partial charge in [0.05, 0.1) is 0 Å². The van der Waals surface area contributed by atoms with Gasteiger partial charge in [-0.15, -0.1) is 0 Å². The first kappa shape index (κ1) is 18.0. The first-order valence-electron chi connectivity index (χ1n) is 8.15. The summed E-state index contributed by atoms with van der Waals surface area (Å²) in [5.41, 5.74) is 0.557. The molecule has 1 aromatic rings. The predicted molar refractivity (Wildman–Crippen MR) is 92.4 cm³/mol. The number of rotatable bonds is 3. The number of carbonyl (C=O) groups is 3. The second-order valence-electron chi connectivity index (χ2n) is 6.75. The number of aryl methyl sites for hydroxylation is 1. The van der Waals surface area contributed by atoms with Crippen LogP contribution >= 0.6 is 0 Å². The van der Waals surface area contributed by atoms with Crippen molar-refractivity contribution in [2.75, 3.05) is 31.5 Å². The molecule has 0 aliphatic carbocycles. The van der Waals surface area contributed by atoms with Crippen LogP contribution in [0.25, 0.3) is 0 Å². The largest absolute Gasteiger partial charge is 0.339 e. The Morgan fingerprint density at radius 3 is 2.17 bits per heavy atom. The molecule has 0 spiro atoms. The molecule has 24 heavy (non-hydrogen) atoms. The molecule has 1 aliphatic heterocycles. The smallest absolute Gasteiger partial charge is 0.239 e. The Bertz CT molecular complexity index is 647. The summed E-state index contributed by atoms with van der Waals surface area (Å²) in [5.74, 6) is -0.526. The Balaban J connectivity index is 2.02. The highest BCUT2D eigenvalue weighted by Gasteiger charge is 2.40. The fourth-order valence-electron chi connectivity index (χ4n) is 2.73.